The van der Waals surface area contributed by atoms with Crippen LogP contribution in [0.3, 0.4) is 0 Å². The number of allylic oxidation sites excluding steroid dienone is 2. The highest BCUT2D eigenvalue weighted by Crippen LogP contribution is 2.32. The van der Waals surface area contributed by atoms with Crippen molar-refractivity contribution in [2.75, 3.05) is 12.8 Å². The third kappa shape index (κ3) is 5.28. The fourth-order valence-electron chi connectivity index (χ4n) is 2.87. The number of hydrogen-bond donors (Lipinski definition) is 1. The minimum Gasteiger partial charge on any atom is -0.496 e. The van der Waals surface area contributed by atoms with Gasteiger partial charge in [-0.2, -0.15) is 4.68 Å². The Kier molecular flexibility index (Phi) is 7.08. The molecule has 0 bridgehead atoms. The van der Waals surface area contributed by atoms with Crippen LogP contribution < -0.4 is 10.5 Å². The van der Waals surface area contributed by atoms with E-state index < -0.39 is 17.5 Å². The number of halogens is 1. The number of rotatable bonds is 5. The molecule has 30 heavy (non-hydrogen) atoms. The number of ether oxygens (including phenoxy) is 2. The quantitative estimate of drug-likeness (QED) is 0.670. The van der Waals surface area contributed by atoms with Crippen LogP contribution in [-0.2, 0) is 4.74 Å². The van der Waals surface area contributed by atoms with E-state index in [9.17, 15) is 9.18 Å². The Labute approximate surface area is 177 Å². The molecule has 0 fully saturated rings. The smallest absolute Gasteiger partial charge is 0.435 e. The number of nitrogens with two attached hydrogens (primary N) is 1. The van der Waals surface area contributed by atoms with Crippen molar-refractivity contribution in [3.8, 4) is 5.75 Å². The Morgan fingerprint density at radius 2 is 1.93 bits per heavy atom. The molecule has 0 amide bonds. The molecule has 0 aliphatic carbocycles. The Hall–Kier alpha value is -3.09. The molecular formula is C23H30FN3O3. The van der Waals surface area contributed by atoms with Crippen LogP contribution in [0.5, 0.6) is 5.75 Å². The molecule has 2 aromatic rings. The van der Waals surface area contributed by atoms with Crippen molar-refractivity contribution in [3.63, 3.8) is 0 Å². The van der Waals surface area contributed by atoms with Gasteiger partial charge in [0, 0.05) is 5.56 Å². The highest BCUT2D eigenvalue weighted by atomic mass is 19.1. The normalized spacial score (nSPS) is 12.8. The van der Waals surface area contributed by atoms with Crippen molar-refractivity contribution in [1.29, 1.82) is 0 Å². The van der Waals surface area contributed by atoms with Crippen LogP contribution in [0.2, 0.25) is 0 Å². The number of hydrogen-bond acceptors (Lipinski definition) is 5. The lowest BCUT2D eigenvalue weighted by Gasteiger charge is -2.19. The van der Waals surface area contributed by atoms with Gasteiger partial charge in [-0.15, -0.1) is 5.10 Å². The number of methoxy groups -OCH3 is 1. The van der Waals surface area contributed by atoms with Crippen LogP contribution in [0.15, 0.2) is 23.8 Å². The van der Waals surface area contributed by atoms with Crippen LogP contribution in [0.1, 0.15) is 64.8 Å². The summed E-state index contributed by atoms with van der Waals surface area (Å²) in [5.41, 5.74) is 8.40. The predicted octanol–water partition coefficient (Wildman–Crippen LogP) is 5.77. The maximum Gasteiger partial charge on any atom is 0.435 e. The lowest BCUT2D eigenvalue weighted by atomic mass is 10.0. The molecule has 1 aromatic carbocycles. The molecule has 0 atom stereocenters. The average Bonchev–Trinajstić information content (AvgIpc) is 2.95. The van der Waals surface area contributed by atoms with E-state index in [0.29, 0.717) is 28.1 Å². The SMILES string of the molecule is CC/C(C)=C/c1c(/C=C(\C)c2c(F)cccc2OC)c(N)nn1C(=O)OC(C)(C)C. The van der Waals surface area contributed by atoms with Crippen LogP contribution in [0.25, 0.3) is 17.7 Å². The van der Waals surface area contributed by atoms with Gasteiger partial charge in [0.15, 0.2) is 5.82 Å². The summed E-state index contributed by atoms with van der Waals surface area (Å²) in [6, 6.07) is 4.63. The van der Waals surface area contributed by atoms with Gasteiger partial charge < -0.3 is 15.2 Å². The fourth-order valence-corrected chi connectivity index (χ4v) is 2.87. The molecule has 0 aliphatic rings. The molecule has 7 heteroatoms. The topological polar surface area (TPSA) is 79.4 Å². The number of aromatic nitrogens is 2. The summed E-state index contributed by atoms with van der Waals surface area (Å²) in [6.07, 6.45) is 3.69. The van der Waals surface area contributed by atoms with Crippen molar-refractivity contribution >= 4 is 29.6 Å². The molecule has 6 nitrogen and oxygen atoms in total. The molecule has 0 saturated heterocycles. The number of nitrogen functional groups attached to an aromatic ring is 1. The van der Waals surface area contributed by atoms with E-state index in [1.165, 1.54) is 13.2 Å². The molecular weight excluding hydrogens is 385 g/mol. The first kappa shape index (κ1) is 23.2. The number of anilines is 1. The summed E-state index contributed by atoms with van der Waals surface area (Å²) in [4.78, 5) is 12.7. The second-order valence-electron chi connectivity index (χ2n) is 8.06. The molecule has 0 saturated carbocycles. The lowest BCUT2D eigenvalue weighted by Crippen LogP contribution is -2.28. The maximum absolute atomic E-state index is 14.5. The zero-order valence-electron chi connectivity index (χ0n) is 18.7. The van der Waals surface area contributed by atoms with E-state index in [0.717, 1.165) is 16.7 Å². The first-order chi connectivity index (χ1) is 14.0. The van der Waals surface area contributed by atoms with Gasteiger partial charge in [0.05, 0.1) is 18.4 Å². The summed E-state index contributed by atoms with van der Waals surface area (Å²) in [7, 11) is 1.49. The van der Waals surface area contributed by atoms with Crippen LogP contribution in [0, 0.1) is 5.82 Å². The molecule has 0 unspecified atom stereocenters. The summed E-state index contributed by atoms with van der Waals surface area (Å²) >= 11 is 0. The highest BCUT2D eigenvalue weighted by molar-refractivity contribution is 5.89. The summed E-state index contributed by atoms with van der Waals surface area (Å²) in [5, 5.41) is 4.20. The summed E-state index contributed by atoms with van der Waals surface area (Å²) in [5.74, 6) is 0.136. The molecule has 162 valence electrons. The van der Waals surface area contributed by atoms with E-state index in [4.69, 9.17) is 15.2 Å². The van der Waals surface area contributed by atoms with Crippen LogP contribution >= 0.6 is 0 Å². The van der Waals surface area contributed by atoms with Crippen molar-refractivity contribution in [2.24, 2.45) is 0 Å². The Morgan fingerprint density at radius 3 is 2.50 bits per heavy atom. The first-order valence-corrected chi connectivity index (χ1v) is 9.78. The van der Waals surface area contributed by atoms with E-state index in [1.54, 1.807) is 45.9 Å². The van der Waals surface area contributed by atoms with Gasteiger partial charge in [-0.25, -0.2) is 9.18 Å². The van der Waals surface area contributed by atoms with Gasteiger partial charge in [0.1, 0.15) is 17.2 Å². The number of benzene rings is 1. The zero-order chi connectivity index (χ0) is 22.6. The third-order valence-electron chi connectivity index (χ3n) is 4.45. The molecule has 1 aromatic heterocycles. The van der Waals surface area contributed by atoms with Gasteiger partial charge >= 0.3 is 6.09 Å². The van der Waals surface area contributed by atoms with Crippen molar-refractivity contribution in [3.05, 3.63) is 46.4 Å². The maximum atomic E-state index is 14.5. The van der Waals surface area contributed by atoms with E-state index in [-0.39, 0.29) is 5.82 Å². The minimum atomic E-state index is -0.689. The summed E-state index contributed by atoms with van der Waals surface area (Å²) < 4.78 is 26.4. The minimum absolute atomic E-state index is 0.144. The average molecular weight is 416 g/mol. The number of carbonyl (C=O) groups is 1. The fraction of sp³-hybridized carbons (Fsp3) is 0.391. The van der Waals surface area contributed by atoms with Crippen molar-refractivity contribution in [1.82, 2.24) is 9.78 Å². The largest absolute Gasteiger partial charge is 0.496 e. The zero-order valence-corrected chi connectivity index (χ0v) is 18.7. The van der Waals surface area contributed by atoms with E-state index in [1.807, 2.05) is 19.9 Å². The second kappa shape index (κ2) is 9.15. The van der Waals surface area contributed by atoms with E-state index >= 15 is 0 Å². The highest BCUT2D eigenvalue weighted by Gasteiger charge is 2.24. The molecule has 0 spiro atoms. The monoisotopic (exact) mass is 415 g/mol. The Bertz CT molecular complexity index is 998. The van der Waals surface area contributed by atoms with E-state index in [2.05, 4.69) is 5.10 Å². The van der Waals surface area contributed by atoms with Crippen LogP contribution in [-0.4, -0.2) is 28.6 Å². The van der Waals surface area contributed by atoms with Gasteiger partial charge in [-0.05, 0) is 70.9 Å². The first-order valence-electron chi connectivity index (χ1n) is 9.78. The second-order valence-corrected chi connectivity index (χ2v) is 8.06. The van der Waals surface area contributed by atoms with Gasteiger partial charge in [-0.1, -0.05) is 18.6 Å². The molecule has 0 radical (unpaired) electrons. The molecule has 2 N–H and O–H groups in total. The lowest BCUT2D eigenvalue weighted by molar-refractivity contribution is 0.0514. The standard InChI is InChI=1S/C23H30FN3O3/c1-8-14(2)12-18-16(21(25)26-27(18)22(28)30-23(4,5)6)13-15(3)20-17(24)10-9-11-19(20)29-7/h9-13H,8H2,1-7H3,(H2,25,26)/b14-12+,15-13+. The van der Waals surface area contributed by atoms with Gasteiger partial charge in [-0.3, -0.25) is 0 Å². The molecule has 0 aliphatic heterocycles. The Balaban J connectivity index is 2.68. The number of carbonyl (C=O) groups excluding carboxylic acids is 1. The van der Waals surface area contributed by atoms with Crippen molar-refractivity contribution < 1.29 is 18.7 Å². The summed E-state index contributed by atoms with van der Waals surface area (Å²) in [6.45, 7) is 11.0. The molecule has 2 rings (SSSR count). The third-order valence-corrected chi connectivity index (χ3v) is 4.45. The number of nitrogens with zero attached hydrogens (tertiary/aromatic N) is 2. The predicted molar refractivity (Wildman–Crippen MR) is 119 cm³/mol. The van der Waals surface area contributed by atoms with Crippen LogP contribution in [0.4, 0.5) is 15.0 Å². The molecule has 1 heterocycles. The van der Waals surface area contributed by atoms with Crippen molar-refractivity contribution in [2.45, 2.75) is 53.6 Å². The van der Waals surface area contributed by atoms with Gasteiger partial charge in [0.25, 0.3) is 0 Å². The van der Waals surface area contributed by atoms with Gasteiger partial charge in [0.2, 0.25) is 0 Å². The Morgan fingerprint density at radius 1 is 1.27 bits per heavy atom.